The Morgan fingerprint density at radius 2 is 1.34 bits per heavy atom. The summed E-state index contributed by atoms with van der Waals surface area (Å²) in [6, 6.07) is 20.1. The number of hydrogen-bond donors (Lipinski definition) is 1. The van der Waals surface area contributed by atoms with E-state index in [4.69, 9.17) is 9.47 Å². The molecule has 0 aliphatic carbocycles. The first-order chi connectivity index (χ1) is 19.8. The van der Waals surface area contributed by atoms with E-state index in [1.54, 1.807) is 0 Å². The molecule has 0 unspecified atom stereocenters. The predicted octanol–water partition coefficient (Wildman–Crippen LogP) is 6.18. The molecule has 0 radical (unpaired) electrons. The van der Waals surface area contributed by atoms with Gasteiger partial charge in [0.1, 0.15) is 22.6 Å². The van der Waals surface area contributed by atoms with Crippen molar-refractivity contribution in [1.82, 2.24) is 10.4 Å². The first-order valence-corrected chi connectivity index (χ1v) is 14.7. The predicted molar refractivity (Wildman–Crippen MR) is 158 cm³/mol. The second kappa shape index (κ2) is 9.43. The second-order valence-corrected chi connectivity index (χ2v) is 12.4. The highest BCUT2D eigenvalue weighted by Crippen LogP contribution is 2.57. The topological polar surface area (TPSA) is 74.3 Å². The number of rotatable bonds is 3. The maximum absolute atomic E-state index is 14.1. The van der Waals surface area contributed by atoms with Gasteiger partial charge < -0.3 is 19.3 Å². The molecule has 212 valence electrons. The zero-order valence-electron chi connectivity index (χ0n) is 23.9. The van der Waals surface area contributed by atoms with Crippen LogP contribution in [-0.4, -0.2) is 48.8 Å². The molecule has 0 aromatic heterocycles. The number of anilines is 2. The number of carbonyl (C=O) groups is 2. The Bertz CT molecular complexity index is 1470. The van der Waals surface area contributed by atoms with Crippen LogP contribution in [0.5, 0.6) is 11.5 Å². The molecule has 0 bridgehead atoms. The van der Waals surface area contributed by atoms with Crippen LogP contribution in [0.3, 0.4) is 0 Å². The van der Waals surface area contributed by atoms with E-state index in [0.29, 0.717) is 17.1 Å². The van der Waals surface area contributed by atoms with Crippen LogP contribution in [-0.2, 0) is 10.3 Å². The molecule has 8 nitrogen and oxygen atoms in total. The highest BCUT2D eigenvalue weighted by molar-refractivity contribution is 6.03. The molecule has 4 aliphatic heterocycles. The summed E-state index contributed by atoms with van der Waals surface area (Å²) < 4.78 is 12.4. The number of amides is 2. The average Bonchev–Trinajstić information content (AvgIpc) is 3.71. The zero-order chi connectivity index (χ0) is 28.4. The average molecular weight is 553 g/mol. The van der Waals surface area contributed by atoms with E-state index in [-0.39, 0.29) is 5.91 Å². The molecule has 3 aromatic carbocycles. The van der Waals surface area contributed by atoms with Crippen molar-refractivity contribution in [2.24, 2.45) is 0 Å². The Morgan fingerprint density at radius 3 is 1.88 bits per heavy atom. The standard InChI is InChI=1S/C33H36N4O4/c1-32(2,3)41-31(39)34-37-30(38)24-10-4-5-11-25(24)33(37)26-14-12-22(35-16-6-7-17-35)20-28(26)40-29-21-23(13-15-27(29)33)36-18-8-9-19-36/h4-5,10-15,20-21H,6-9,16-19H2,1-3H3,(H,34,39). The minimum atomic E-state index is -1.14. The number of benzene rings is 3. The Balaban J connectivity index is 1.45. The zero-order valence-corrected chi connectivity index (χ0v) is 23.9. The molecule has 7 rings (SSSR count). The molecule has 3 aromatic rings. The maximum atomic E-state index is 14.1. The molecular formula is C33H36N4O4. The monoisotopic (exact) mass is 552 g/mol. The summed E-state index contributed by atoms with van der Waals surface area (Å²) in [5, 5.41) is 1.46. The van der Waals surface area contributed by atoms with E-state index in [0.717, 1.165) is 54.2 Å². The van der Waals surface area contributed by atoms with Crippen LogP contribution in [0.2, 0.25) is 0 Å². The summed E-state index contributed by atoms with van der Waals surface area (Å²) in [5.41, 5.74) is 6.13. The Hall–Kier alpha value is -4.20. The van der Waals surface area contributed by atoms with Crippen molar-refractivity contribution in [3.8, 4) is 11.5 Å². The molecule has 2 fully saturated rings. The van der Waals surface area contributed by atoms with Gasteiger partial charge in [0.05, 0.1) is 0 Å². The van der Waals surface area contributed by atoms with E-state index in [2.05, 4.69) is 51.6 Å². The van der Waals surface area contributed by atoms with Crippen molar-refractivity contribution in [3.63, 3.8) is 0 Å². The molecule has 0 saturated carbocycles. The van der Waals surface area contributed by atoms with Gasteiger partial charge in [0, 0.05) is 71.9 Å². The number of fused-ring (bicyclic) bond motifs is 6. The molecule has 8 heteroatoms. The van der Waals surface area contributed by atoms with E-state index in [1.807, 2.05) is 45.0 Å². The van der Waals surface area contributed by atoms with E-state index in [1.165, 1.54) is 30.7 Å². The third-order valence-electron chi connectivity index (χ3n) is 8.56. The molecule has 1 N–H and O–H groups in total. The third kappa shape index (κ3) is 4.11. The number of carbonyl (C=O) groups excluding carboxylic acids is 2. The van der Waals surface area contributed by atoms with Gasteiger partial charge in [-0.15, -0.1) is 0 Å². The second-order valence-electron chi connectivity index (χ2n) is 12.4. The molecular weight excluding hydrogens is 516 g/mol. The lowest BCUT2D eigenvalue weighted by Gasteiger charge is -2.44. The molecule has 2 saturated heterocycles. The van der Waals surface area contributed by atoms with Gasteiger partial charge in [0.25, 0.3) is 5.91 Å². The van der Waals surface area contributed by atoms with Crippen molar-refractivity contribution in [2.75, 3.05) is 36.0 Å². The van der Waals surface area contributed by atoms with Crippen LogP contribution in [0.25, 0.3) is 0 Å². The van der Waals surface area contributed by atoms with Crippen LogP contribution >= 0.6 is 0 Å². The van der Waals surface area contributed by atoms with Gasteiger partial charge in [-0.1, -0.05) is 30.3 Å². The largest absolute Gasteiger partial charge is 0.456 e. The van der Waals surface area contributed by atoms with E-state index in [9.17, 15) is 9.59 Å². The fraction of sp³-hybridized carbons (Fsp3) is 0.394. The molecule has 4 heterocycles. The minimum Gasteiger partial charge on any atom is -0.456 e. The molecule has 0 atom stereocenters. The molecule has 2 amide bonds. The van der Waals surface area contributed by atoms with Gasteiger partial charge >= 0.3 is 6.09 Å². The van der Waals surface area contributed by atoms with Crippen LogP contribution in [0.15, 0.2) is 60.7 Å². The van der Waals surface area contributed by atoms with Crippen LogP contribution in [0.1, 0.15) is 73.5 Å². The number of ether oxygens (including phenoxy) is 2. The lowest BCUT2D eigenvalue weighted by molar-refractivity contribution is 0.0181. The quantitative estimate of drug-likeness (QED) is 0.418. The number of hydrogen-bond acceptors (Lipinski definition) is 6. The van der Waals surface area contributed by atoms with E-state index < -0.39 is 17.2 Å². The van der Waals surface area contributed by atoms with Crippen molar-refractivity contribution < 1.29 is 19.1 Å². The third-order valence-corrected chi connectivity index (χ3v) is 8.56. The van der Waals surface area contributed by atoms with Gasteiger partial charge in [0.15, 0.2) is 0 Å². The van der Waals surface area contributed by atoms with Crippen LogP contribution in [0.4, 0.5) is 16.2 Å². The summed E-state index contributed by atoms with van der Waals surface area (Å²) >= 11 is 0. The van der Waals surface area contributed by atoms with Crippen molar-refractivity contribution in [2.45, 2.75) is 57.6 Å². The lowest BCUT2D eigenvalue weighted by Crippen LogP contribution is -2.56. The number of hydrazine groups is 1. The van der Waals surface area contributed by atoms with Crippen molar-refractivity contribution in [3.05, 3.63) is 82.9 Å². The number of nitrogens with zero attached hydrogens (tertiary/aromatic N) is 3. The first kappa shape index (κ1) is 25.7. The van der Waals surface area contributed by atoms with Gasteiger partial charge in [-0.3, -0.25) is 4.79 Å². The highest BCUT2D eigenvalue weighted by Gasteiger charge is 2.57. The summed E-state index contributed by atoms with van der Waals surface area (Å²) in [6.45, 7) is 9.45. The number of nitrogens with one attached hydrogen (secondary N) is 1. The maximum Gasteiger partial charge on any atom is 0.426 e. The Morgan fingerprint density at radius 1 is 0.805 bits per heavy atom. The first-order valence-electron chi connectivity index (χ1n) is 14.7. The summed E-state index contributed by atoms with van der Waals surface area (Å²) in [7, 11) is 0. The van der Waals surface area contributed by atoms with Gasteiger partial charge in [-0.25, -0.2) is 15.2 Å². The van der Waals surface area contributed by atoms with Crippen molar-refractivity contribution in [1.29, 1.82) is 0 Å². The van der Waals surface area contributed by atoms with Gasteiger partial charge in [0.2, 0.25) is 0 Å². The minimum absolute atomic E-state index is 0.294. The Kier molecular flexibility index (Phi) is 5.92. The molecule has 1 spiro atoms. The molecule has 4 aliphatic rings. The summed E-state index contributed by atoms with van der Waals surface area (Å²) in [6.07, 6.45) is 3.98. The Labute approximate surface area is 240 Å². The normalized spacial score (nSPS) is 18.7. The smallest absolute Gasteiger partial charge is 0.426 e. The van der Waals surface area contributed by atoms with Crippen molar-refractivity contribution >= 4 is 23.4 Å². The highest BCUT2D eigenvalue weighted by atomic mass is 16.6. The fourth-order valence-electron chi connectivity index (χ4n) is 6.83. The van der Waals surface area contributed by atoms with E-state index >= 15 is 0 Å². The summed E-state index contributed by atoms with van der Waals surface area (Å²) in [5.74, 6) is 1.07. The fourth-order valence-corrected chi connectivity index (χ4v) is 6.83. The van der Waals surface area contributed by atoms with Gasteiger partial charge in [-0.05, 0) is 64.7 Å². The van der Waals surface area contributed by atoms with Crippen LogP contribution in [0, 0.1) is 0 Å². The SMILES string of the molecule is CC(C)(C)OC(=O)NN1C(=O)c2ccccc2C12c1ccc(N3CCCC3)cc1Oc1cc(N3CCCC3)ccc12. The summed E-state index contributed by atoms with van der Waals surface area (Å²) in [4.78, 5) is 32.1. The lowest BCUT2D eigenvalue weighted by atomic mass is 9.75. The molecule has 41 heavy (non-hydrogen) atoms. The van der Waals surface area contributed by atoms with Gasteiger partial charge in [-0.2, -0.15) is 0 Å². The van der Waals surface area contributed by atoms with Crippen LogP contribution < -0.4 is 20.0 Å².